The van der Waals surface area contributed by atoms with E-state index in [0.717, 1.165) is 22.6 Å². The van der Waals surface area contributed by atoms with Gasteiger partial charge in [-0.25, -0.2) is 0 Å². The minimum absolute atomic E-state index is 0.147. The summed E-state index contributed by atoms with van der Waals surface area (Å²) >= 11 is 0. The maximum Gasteiger partial charge on any atom is 0.173 e. The molecule has 4 heteroatoms. The molecule has 2 aliphatic rings. The Bertz CT molecular complexity index is 781. The standard InChI is InChI=1S/C19H18O4/c1-21-15-7-8-16(22-2)13-10-18-14(9-12(13)15)19(20)11-5-3-4-6-17(11)23-18/h3-8,14,18H,9-10H2,1-2H3/t14-,18-/m1/s1. The molecular formula is C19H18O4. The molecule has 0 amide bonds. The second-order valence-corrected chi connectivity index (χ2v) is 5.96. The summed E-state index contributed by atoms with van der Waals surface area (Å²) in [6.45, 7) is 0. The van der Waals surface area contributed by atoms with Gasteiger partial charge >= 0.3 is 0 Å². The lowest BCUT2D eigenvalue weighted by molar-refractivity contribution is 0.0629. The first-order valence-electron chi connectivity index (χ1n) is 7.75. The van der Waals surface area contributed by atoms with Gasteiger partial charge < -0.3 is 14.2 Å². The zero-order valence-electron chi connectivity index (χ0n) is 13.2. The fraction of sp³-hybridized carbons (Fsp3) is 0.316. The third-order valence-corrected chi connectivity index (χ3v) is 4.83. The third-order valence-electron chi connectivity index (χ3n) is 4.83. The van der Waals surface area contributed by atoms with Crippen molar-refractivity contribution in [3.8, 4) is 17.2 Å². The van der Waals surface area contributed by atoms with Crippen LogP contribution in [0.3, 0.4) is 0 Å². The van der Waals surface area contributed by atoms with Crippen LogP contribution < -0.4 is 14.2 Å². The molecule has 2 aromatic carbocycles. The monoisotopic (exact) mass is 310 g/mol. The smallest absolute Gasteiger partial charge is 0.173 e. The topological polar surface area (TPSA) is 44.8 Å². The van der Waals surface area contributed by atoms with Crippen molar-refractivity contribution in [3.63, 3.8) is 0 Å². The van der Waals surface area contributed by atoms with E-state index in [9.17, 15) is 4.79 Å². The van der Waals surface area contributed by atoms with E-state index in [1.807, 2.05) is 36.4 Å². The molecule has 23 heavy (non-hydrogen) atoms. The molecular weight excluding hydrogens is 292 g/mol. The van der Waals surface area contributed by atoms with Gasteiger partial charge in [0.2, 0.25) is 0 Å². The second-order valence-electron chi connectivity index (χ2n) is 5.96. The first-order valence-corrected chi connectivity index (χ1v) is 7.75. The van der Waals surface area contributed by atoms with Crippen LogP contribution in [0, 0.1) is 5.92 Å². The van der Waals surface area contributed by atoms with E-state index in [4.69, 9.17) is 14.2 Å². The van der Waals surface area contributed by atoms with Gasteiger partial charge in [0.25, 0.3) is 0 Å². The van der Waals surface area contributed by atoms with Gasteiger partial charge in [-0.1, -0.05) is 12.1 Å². The normalized spacial score (nSPS) is 21.6. The summed E-state index contributed by atoms with van der Waals surface area (Å²) in [5.74, 6) is 2.31. The molecule has 0 spiro atoms. The number of rotatable bonds is 2. The van der Waals surface area contributed by atoms with Gasteiger partial charge in [0.05, 0.1) is 25.7 Å². The average molecular weight is 310 g/mol. The Kier molecular flexibility index (Phi) is 3.26. The van der Waals surface area contributed by atoms with E-state index in [1.165, 1.54) is 0 Å². The van der Waals surface area contributed by atoms with Crippen LogP contribution >= 0.6 is 0 Å². The second kappa shape index (κ2) is 5.30. The van der Waals surface area contributed by atoms with Gasteiger partial charge in [0.1, 0.15) is 23.4 Å². The lowest BCUT2D eigenvalue weighted by Gasteiger charge is -2.37. The molecule has 0 bridgehead atoms. The van der Waals surface area contributed by atoms with Crippen molar-refractivity contribution < 1.29 is 19.0 Å². The van der Waals surface area contributed by atoms with Crippen molar-refractivity contribution >= 4 is 5.78 Å². The molecule has 4 rings (SSSR count). The quantitative estimate of drug-likeness (QED) is 0.855. The lowest BCUT2D eigenvalue weighted by Crippen LogP contribution is -2.43. The fourth-order valence-electron chi connectivity index (χ4n) is 3.70. The van der Waals surface area contributed by atoms with Crippen molar-refractivity contribution in [2.24, 2.45) is 5.92 Å². The maximum absolute atomic E-state index is 12.9. The van der Waals surface area contributed by atoms with Crippen LogP contribution in [0.4, 0.5) is 0 Å². The van der Waals surface area contributed by atoms with Crippen LogP contribution in [-0.2, 0) is 12.8 Å². The van der Waals surface area contributed by atoms with Crippen LogP contribution in [0.5, 0.6) is 17.2 Å². The first-order chi connectivity index (χ1) is 11.2. The van der Waals surface area contributed by atoms with Crippen molar-refractivity contribution in [2.75, 3.05) is 14.2 Å². The molecule has 1 aliphatic carbocycles. The summed E-state index contributed by atoms with van der Waals surface area (Å²) in [5, 5.41) is 0. The van der Waals surface area contributed by atoms with Crippen LogP contribution in [0.15, 0.2) is 36.4 Å². The molecule has 2 aromatic rings. The van der Waals surface area contributed by atoms with Crippen LogP contribution in [0.2, 0.25) is 0 Å². The number of ether oxygens (including phenoxy) is 3. The van der Waals surface area contributed by atoms with Crippen molar-refractivity contribution in [1.82, 2.24) is 0 Å². The van der Waals surface area contributed by atoms with Gasteiger partial charge in [-0.2, -0.15) is 0 Å². The van der Waals surface area contributed by atoms with Crippen LogP contribution in [-0.4, -0.2) is 26.1 Å². The highest BCUT2D eigenvalue weighted by atomic mass is 16.5. The molecule has 4 nitrogen and oxygen atoms in total. The number of fused-ring (bicyclic) bond motifs is 3. The molecule has 1 heterocycles. The van der Waals surface area contributed by atoms with E-state index >= 15 is 0 Å². The number of hydrogen-bond acceptors (Lipinski definition) is 4. The van der Waals surface area contributed by atoms with Gasteiger partial charge in [0.15, 0.2) is 5.78 Å². The average Bonchev–Trinajstić information content (AvgIpc) is 2.59. The summed E-state index contributed by atoms with van der Waals surface area (Å²) in [4.78, 5) is 12.9. The zero-order chi connectivity index (χ0) is 16.0. The Morgan fingerprint density at radius 2 is 1.61 bits per heavy atom. The Labute approximate surface area is 135 Å². The summed E-state index contributed by atoms with van der Waals surface area (Å²) in [7, 11) is 3.32. The fourth-order valence-corrected chi connectivity index (χ4v) is 3.70. The SMILES string of the molecule is COc1ccc(OC)c2c1C[C@H]1Oc3ccccc3C(=O)[C@@H]1C2. The number of carbonyl (C=O) groups is 1. The number of methoxy groups -OCH3 is 2. The number of benzene rings is 2. The predicted octanol–water partition coefficient (Wildman–Crippen LogP) is 3.06. The minimum atomic E-state index is -0.168. The molecule has 0 unspecified atom stereocenters. The first kappa shape index (κ1) is 14.1. The van der Waals surface area contributed by atoms with Crippen molar-refractivity contribution in [3.05, 3.63) is 53.1 Å². The summed E-state index contributed by atoms with van der Waals surface area (Å²) < 4.78 is 17.1. The van der Waals surface area contributed by atoms with E-state index in [2.05, 4.69) is 0 Å². The highest BCUT2D eigenvalue weighted by molar-refractivity contribution is 6.02. The molecule has 2 atom stereocenters. The molecule has 0 radical (unpaired) electrons. The number of ketones is 1. The minimum Gasteiger partial charge on any atom is -0.496 e. The zero-order valence-corrected chi connectivity index (χ0v) is 13.2. The third kappa shape index (κ3) is 2.09. The molecule has 0 fully saturated rings. The molecule has 1 aliphatic heterocycles. The predicted molar refractivity (Wildman–Crippen MR) is 85.6 cm³/mol. The van der Waals surface area contributed by atoms with Crippen LogP contribution in [0.1, 0.15) is 21.5 Å². The lowest BCUT2D eigenvalue weighted by atomic mass is 9.76. The highest BCUT2D eigenvalue weighted by Crippen LogP contribution is 2.43. The van der Waals surface area contributed by atoms with Crippen LogP contribution in [0.25, 0.3) is 0 Å². The molecule has 0 N–H and O–H groups in total. The largest absolute Gasteiger partial charge is 0.496 e. The Morgan fingerprint density at radius 3 is 2.30 bits per heavy atom. The van der Waals surface area contributed by atoms with Gasteiger partial charge in [0, 0.05) is 17.5 Å². The number of hydrogen-bond donors (Lipinski definition) is 0. The molecule has 118 valence electrons. The molecule has 0 aromatic heterocycles. The summed E-state index contributed by atoms with van der Waals surface area (Å²) in [5.41, 5.74) is 2.82. The Hall–Kier alpha value is -2.49. The highest BCUT2D eigenvalue weighted by Gasteiger charge is 2.42. The summed E-state index contributed by atoms with van der Waals surface area (Å²) in [6, 6.07) is 11.3. The molecule has 0 saturated carbocycles. The van der Waals surface area contributed by atoms with Gasteiger partial charge in [-0.05, 0) is 30.7 Å². The number of Topliss-reactive ketones (excluding diaryl/α,β-unsaturated/α-hetero) is 1. The van der Waals surface area contributed by atoms with Crippen molar-refractivity contribution in [2.45, 2.75) is 18.9 Å². The van der Waals surface area contributed by atoms with E-state index < -0.39 is 0 Å². The van der Waals surface area contributed by atoms with Crippen molar-refractivity contribution in [1.29, 1.82) is 0 Å². The molecule has 0 saturated heterocycles. The number of para-hydroxylation sites is 1. The van der Waals surface area contributed by atoms with E-state index in [1.54, 1.807) is 14.2 Å². The Balaban J connectivity index is 1.79. The summed E-state index contributed by atoms with van der Waals surface area (Å²) in [6.07, 6.45) is 1.12. The van der Waals surface area contributed by atoms with E-state index in [-0.39, 0.29) is 17.8 Å². The number of carbonyl (C=O) groups excluding carboxylic acids is 1. The maximum atomic E-state index is 12.9. The van der Waals surface area contributed by atoms with Gasteiger partial charge in [-0.15, -0.1) is 0 Å². The van der Waals surface area contributed by atoms with Gasteiger partial charge in [-0.3, -0.25) is 4.79 Å². The van der Waals surface area contributed by atoms with E-state index in [0.29, 0.717) is 24.2 Å². The Morgan fingerprint density at radius 1 is 0.957 bits per heavy atom.